The standard InChI is InChI=1S/C4H8O4.K.H/c1-2-3(5)8-4(6)7;;/h4,6-7H,2H2,1H3;;/q;+1;-1. The Morgan fingerprint density at radius 2 is 2.22 bits per heavy atom. The zero-order valence-electron chi connectivity index (χ0n) is 6.50. The fourth-order valence-electron chi connectivity index (χ4n) is 0.201. The van der Waals surface area contributed by atoms with E-state index in [1.807, 2.05) is 0 Å². The second-order valence-corrected chi connectivity index (χ2v) is 1.17. The molecule has 0 aromatic rings. The quantitative estimate of drug-likeness (QED) is 0.248. The van der Waals surface area contributed by atoms with Crippen LogP contribution in [-0.2, 0) is 9.53 Å². The summed E-state index contributed by atoms with van der Waals surface area (Å²) < 4.78 is 3.87. The normalized spacial score (nSPS) is 8.44. The molecule has 0 aliphatic carbocycles. The van der Waals surface area contributed by atoms with Gasteiger partial charge in [-0.3, -0.25) is 4.79 Å². The van der Waals surface area contributed by atoms with Crippen molar-refractivity contribution in [2.75, 3.05) is 0 Å². The first-order chi connectivity index (χ1) is 3.66. The molecule has 0 heterocycles. The number of hydrogen-bond acceptors (Lipinski definition) is 4. The molecule has 4 nitrogen and oxygen atoms in total. The molecule has 0 fully saturated rings. The van der Waals surface area contributed by atoms with Crippen LogP contribution in [0.3, 0.4) is 0 Å². The van der Waals surface area contributed by atoms with Gasteiger partial charge in [-0.2, -0.15) is 0 Å². The maximum Gasteiger partial charge on any atom is 1.00 e. The largest absolute Gasteiger partial charge is 1.00 e. The maximum atomic E-state index is 10.1. The molecule has 0 amide bonds. The van der Waals surface area contributed by atoms with Gasteiger partial charge in [-0.15, -0.1) is 0 Å². The van der Waals surface area contributed by atoms with Crippen molar-refractivity contribution in [1.82, 2.24) is 0 Å². The Labute approximate surface area is 97.1 Å². The maximum absolute atomic E-state index is 10.1. The minimum Gasteiger partial charge on any atom is -1.00 e. The van der Waals surface area contributed by atoms with Gasteiger partial charge in [-0.25, -0.2) is 0 Å². The van der Waals surface area contributed by atoms with Crippen molar-refractivity contribution in [2.24, 2.45) is 0 Å². The van der Waals surface area contributed by atoms with Crippen molar-refractivity contribution in [3.63, 3.8) is 0 Å². The molecule has 5 heteroatoms. The Morgan fingerprint density at radius 3 is 2.33 bits per heavy atom. The number of rotatable bonds is 2. The van der Waals surface area contributed by atoms with E-state index in [1.165, 1.54) is 0 Å². The summed E-state index contributed by atoms with van der Waals surface area (Å²) in [5.41, 5.74) is 0. The third-order valence-electron chi connectivity index (χ3n) is 0.526. The third kappa shape index (κ3) is 9.03. The molecule has 0 aliphatic heterocycles. The Bertz CT molecular complexity index is 87.3. The first-order valence-electron chi connectivity index (χ1n) is 2.22. The summed E-state index contributed by atoms with van der Waals surface area (Å²) in [4.78, 5) is 10.1. The van der Waals surface area contributed by atoms with Gasteiger partial charge in [0.25, 0.3) is 0 Å². The van der Waals surface area contributed by atoms with E-state index < -0.39 is 12.4 Å². The number of aliphatic hydroxyl groups excluding tert-OH is 1. The van der Waals surface area contributed by atoms with E-state index in [9.17, 15) is 4.79 Å². The number of hydrogen-bond donors (Lipinski definition) is 2. The van der Waals surface area contributed by atoms with Crippen molar-refractivity contribution in [2.45, 2.75) is 19.8 Å². The third-order valence-corrected chi connectivity index (χ3v) is 0.526. The predicted octanol–water partition coefficient (Wildman–Crippen LogP) is -3.68. The molecule has 0 spiro atoms. The van der Waals surface area contributed by atoms with Gasteiger partial charge in [0.15, 0.2) is 0 Å². The van der Waals surface area contributed by atoms with Gasteiger partial charge < -0.3 is 16.4 Å². The van der Waals surface area contributed by atoms with E-state index in [2.05, 4.69) is 4.74 Å². The van der Waals surface area contributed by atoms with Gasteiger partial charge in [0.1, 0.15) is 0 Å². The van der Waals surface area contributed by atoms with Gasteiger partial charge in [0.2, 0.25) is 0 Å². The van der Waals surface area contributed by atoms with E-state index >= 15 is 0 Å². The SMILES string of the molecule is CCC(=O)OC(O)O.[H-].[K+]. The van der Waals surface area contributed by atoms with Gasteiger partial charge in [-0.1, -0.05) is 6.92 Å². The average molecular weight is 160 g/mol. The molecule has 50 valence electrons. The van der Waals surface area contributed by atoms with Crippen LogP contribution in [0.2, 0.25) is 0 Å². The topological polar surface area (TPSA) is 66.8 Å². The summed E-state index contributed by atoms with van der Waals surface area (Å²) in [5, 5.41) is 15.9. The van der Waals surface area contributed by atoms with E-state index in [0.29, 0.717) is 0 Å². The fraction of sp³-hybridized carbons (Fsp3) is 0.750. The van der Waals surface area contributed by atoms with Gasteiger partial charge >= 0.3 is 63.8 Å². The second kappa shape index (κ2) is 7.14. The van der Waals surface area contributed by atoms with Crippen LogP contribution in [0.25, 0.3) is 0 Å². The first-order valence-corrected chi connectivity index (χ1v) is 2.22. The Kier molecular flexibility index (Phi) is 10.1. The smallest absolute Gasteiger partial charge is 1.00 e. The van der Waals surface area contributed by atoms with Crippen molar-refractivity contribution >= 4 is 5.97 Å². The molecule has 0 atom stereocenters. The predicted molar refractivity (Wildman–Crippen MR) is 25.7 cm³/mol. The van der Waals surface area contributed by atoms with Crippen LogP contribution < -0.4 is 51.4 Å². The molecule has 0 aliphatic rings. The summed E-state index contributed by atoms with van der Waals surface area (Å²) in [6.07, 6.45) is 0.150. The van der Waals surface area contributed by atoms with Crippen LogP contribution in [0.5, 0.6) is 0 Å². The zero-order chi connectivity index (χ0) is 6.57. The molecule has 0 rings (SSSR count). The average Bonchev–Trinajstić information content (AvgIpc) is 1.65. The molecule has 2 N–H and O–H groups in total. The van der Waals surface area contributed by atoms with Crippen LogP contribution in [0.4, 0.5) is 0 Å². The minimum atomic E-state index is -1.97. The Morgan fingerprint density at radius 1 is 1.78 bits per heavy atom. The molecule has 9 heavy (non-hydrogen) atoms. The first kappa shape index (κ1) is 12.7. The molecule has 0 bridgehead atoms. The van der Waals surface area contributed by atoms with E-state index in [4.69, 9.17) is 10.2 Å². The zero-order valence-corrected chi connectivity index (χ0v) is 8.62. The summed E-state index contributed by atoms with van der Waals surface area (Å²) in [6, 6.07) is 0. The van der Waals surface area contributed by atoms with Crippen LogP contribution in [0.1, 0.15) is 14.8 Å². The number of aliphatic hydroxyl groups is 2. The van der Waals surface area contributed by atoms with Crippen LogP contribution in [0, 0.1) is 0 Å². The number of esters is 1. The molecule has 0 aromatic heterocycles. The molecular weight excluding hydrogens is 151 g/mol. The van der Waals surface area contributed by atoms with Crippen LogP contribution in [-0.4, -0.2) is 22.7 Å². The Hall–Kier alpha value is 1.03. The van der Waals surface area contributed by atoms with Gasteiger partial charge in [-0.05, 0) is 0 Å². The second-order valence-electron chi connectivity index (χ2n) is 1.17. The number of carbonyl (C=O) groups excluding carboxylic acids is 1. The fourth-order valence-corrected chi connectivity index (χ4v) is 0.201. The van der Waals surface area contributed by atoms with Gasteiger partial charge in [0, 0.05) is 6.42 Å². The summed E-state index contributed by atoms with van der Waals surface area (Å²) in [5.74, 6) is -0.625. The van der Waals surface area contributed by atoms with Crippen molar-refractivity contribution in [3.8, 4) is 0 Å². The van der Waals surface area contributed by atoms with Crippen LogP contribution in [0.15, 0.2) is 0 Å². The van der Waals surface area contributed by atoms with Crippen molar-refractivity contribution < 1.29 is 72.6 Å². The summed E-state index contributed by atoms with van der Waals surface area (Å²) in [7, 11) is 0. The summed E-state index contributed by atoms with van der Waals surface area (Å²) >= 11 is 0. The molecule has 0 aromatic carbocycles. The molecule has 0 saturated heterocycles. The van der Waals surface area contributed by atoms with E-state index in [0.717, 1.165) is 0 Å². The van der Waals surface area contributed by atoms with Gasteiger partial charge in [0.05, 0.1) is 0 Å². The molecular formula is C4H9KO4. The van der Waals surface area contributed by atoms with E-state index in [1.54, 1.807) is 6.92 Å². The molecule has 0 saturated carbocycles. The van der Waals surface area contributed by atoms with Crippen LogP contribution >= 0.6 is 0 Å². The van der Waals surface area contributed by atoms with E-state index in [-0.39, 0.29) is 59.2 Å². The Balaban J connectivity index is -0.000000245. The summed E-state index contributed by atoms with van der Waals surface area (Å²) in [6.45, 7) is -0.410. The van der Waals surface area contributed by atoms with Crippen molar-refractivity contribution in [1.29, 1.82) is 0 Å². The molecule has 0 radical (unpaired) electrons. The minimum absolute atomic E-state index is 0. The van der Waals surface area contributed by atoms with Crippen molar-refractivity contribution in [3.05, 3.63) is 0 Å². The monoisotopic (exact) mass is 160 g/mol. The molecule has 0 unspecified atom stereocenters. The number of carbonyl (C=O) groups is 1. The number of ether oxygens (including phenoxy) is 1.